The molecule has 154 valence electrons. The summed E-state index contributed by atoms with van der Waals surface area (Å²) in [5, 5.41) is 5.34. The molecule has 5 rings (SSSR count). The van der Waals surface area contributed by atoms with Crippen LogP contribution in [0, 0.1) is 0 Å². The Bertz CT molecular complexity index is 1420. The molecule has 0 saturated heterocycles. The molecule has 1 heterocycles. The highest BCUT2D eigenvalue weighted by Crippen LogP contribution is 2.33. The van der Waals surface area contributed by atoms with Crippen LogP contribution >= 0.6 is 0 Å². The minimum atomic E-state index is -0.552. The molecule has 0 aliphatic heterocycles. The Morgan fingerprint density at radius 3 is 2.61 bits per heavy atom. The maximum atomic E-state index is 12.9. The number of carbonyl (C=O) groups excluding carboxylic acids is 2. The Morgan fingerprint density at radius 1 is 1.00 bits per heavy atom. The summed E-state index contributed by atoms with van der Waals surface area (Å²) in [6, 6.07) is 16.1. The molecular weight excluding hydrogens is 394 g/mol. The molecule has 6 heteroatoms. The topological polar surface area (TPSA) is 85.6 Å². The van der Waals surface area contributed by atoms with Crippen molar-refractivity contribution in [1.29, 1.82) is 0 Å². The Hall–Kier alpha value is -3.93. The van der Waals surface area contributed by atoms with Gasteiger partial charge in [-0.3, -0.25) is 4.79 Å². The first-order valence-corrected chi connectivity index (χ1v) is 10.0. The number of esters is 1. The molecule has 4 aromatic rings. The van der Waals surface area contributed by atoms with Crippen LogP contribution in [0.2, 0.25) is 0 Å². The monoisotopic (exact) mass is 413 g/mol. The summed E-state index contributed by atoms with van der Waals surface area (Å²) in [4.78, 5) is 36.2. The van der Waals surface area contributed by atoms with Crippen molar-refractivity contribution in [2.75, 3.05) is 5.32 Å². The largest absolute Gasteiger partial charge is 0.457 e. The van der Waals surface area contributed by atoms with Gasteiger partial charge in [-0.2, -0.15) is 0 Å². The van der Waals surface area contributed by atoms with E-state index in [2.05, 4.69) is 11.4 Å². The fourth-order valence-electron chi connectivity index (χ4n) is 4.28. The second-order valence-electron chi connectivity index (χ2n) is 7.67. The van der Waals surface area contributed by atoms with Gasteiger partial charge in [-0.15, -0.1) is 0 Å². The van der Waals surface area contributed by atoms with E-state index < -0.39 is 11.6 Å². The zero-order chi connectivity index (χ0) is 21.5. The molecule has 0 atom stereocenters. The number of amides is 1. The summed E-state index contributed by atoms with van der Waals surface area (Å²) in [6.45, 7) is 1.33. The van der Waals surface area contributed by atoms with E-state index in [4.69, 9.17) is 9.15 Å². The van der Waals surface area contributed by atoms with E-state index >= 15 is 0 Å². The second-order valence-corrected chi connectivity index (χ2v) is 7.67. The maximum Gasteiger partial charge on any atom is 0.339 e. The molecule has 0 fully saturated rings. The Balaban J connectivity index is 1.45. The van der Waals surface area contributed by atoms with Crippen molar-refractivity contribution in [2.45, 2.75) is 26.4 Å². The van der Waals surface area contributed by atoms with Crippen molar-refractivity contribution in [3.8, 4) is 0 Å². The van der Waals surface area contributed by atoms with E-state index in [0.29, 0.717) is 27.8 Å². The van der Waals surface area contributed by atoms with Crippen LogP contribution in [-0.2, 0) is 29.0 Å². The fourth-order valence-corrected chi connectivity index (χ4v) is 4.28. The van der Waals surface area contributed by atoms with Crippen LogP contribution in [0.1, 0.15) is 34.0 Å². The molecule has 0 spiro atoms. The van der Waals surface area contributed by atoms with E-state index in [1.807, 2.05) is 24.3 Å². The third-order valence-electron chi connectivity index (χ3n) is 5.61. The molecule has 6 nitrogen and oxygen atoms in total. The van der Waals surface area contributed by atoms with Gasteiger partial charge in [0.25, 0.3) is 0 Å². The SMILES string of the molecule is CC(=O)Nc1ccc2c(COC(=O)c3ccc4c5c(cccc35)CC4)cc(=O)oc2c1. The number of ether oxygens (including phenoxy) is 1. The van der Waals surface area contributed by atoms with Gasteiger partial charge < -0.3 is 14.5 Å². The number of anilines is 1. The highest BCUT2D eigenvalue weighted by atomic mass is 16.5. The third-order valence-corrected chi connectivity index (χ3v) is 5.61. The van der Waals surface area contributed by atoms with Crippen molar-refractivity contribution >= 4 is 39.3 Å². The molecular formula is C25H19NO5. The van der Waals surface area contributed by atoms with Crippen molar-refractivity contribution in [2.24, 2.45) is 0 Å². The fraction of sp³-hybridized carbons (Fsp3) is 0.160. The molecule has 0 radical (unpaired) electrons. The van der Waals surface area contributed by atoms with Crippen molar-refractivity contribution in [1.82, 2.24) is 0 Å². The number of rotatable bonds is 4. The molecule has 1 amide bonds. The van der Waals surface area contributed by atoms with E-state index in [0.717, 1.165) is 23.6 Å². The number of fused-ring (bicyclic) bond motifs is 1. The van der Waals surface area contributed by atoms with Gasteiger partial charge in [-0.05, 0) is 52.9 Å². The molecule has 0 saturated carbocycles. The zero-order valence-corrected chi connectivity index (χ0v) is 16.9. The van der Waals surface area contributed by atoms with Gasteiger partial charge in [0.1, 0.15) is 12.2 Å². The molecule has 1 aliphatic rings. The summed E-state index contributed by atoms with van der Waals surface area (Å²) in [5.74, 6) is -0.663. The Labute approximate surface area is 177 Å². The number of hydrogen-bond donors (Lipinski definition) is 1. The molecule has 1 aliphatic carbocycles. The summed E-state index contributed by atoms with van der Waals surface area (Å²) in [7, 11) is 0. The molecule has 31 heavy (non-hydrogen) atoms. The van der Waals surface area contributed by atoms with E-state index in [1.165, 1.54) is 24.1 Å². The third kappa shape index (κ3) is 3.46. The highest BCUT2D eigenvalue weighted by molar-refractivity contribution is 6.07. The van der Waals surface area contributed by atoms with E-state index in [1.54, 1.807) is 18.2 Å². The maximum absolute atomic E-state index is 12.9. The second kappa shape index (κ2) is 7.40. The number of aryl methyl sites for hydroxylation is 2. The van der Waals surface area contributed by atoms with Crippen LogP contribution in [-0.4, -0.2) is 11.9 Å². The first-order valence-electron chi connectivity index (χ1n) is 10.0. The van der Waals surface area contributed by atoms with Crippen molar-refractivity contribution < 1.29 is 18.7 Å². The predicted molar refractivity (Wildman–Crippen MR) is 117 cm³/mol. The number of hydrogen-bond acceptors (Lipinski definition) is 5. The average Bonchev–Trinajstić information content (AvgIpc) is 3.16. The normalized spacial score (nSPS) is 12.3. The van der Waals surface area contributed by atoms with Gasteiger partial charge in [0.15, 0.2) is 0 Å². The Kier molecular flexibility index (Phi) is 4.55. The lowest BCUT2D eigenvalue weighted by molar-refractivity contribution is -0.114. The van der Waals surface area contributed by atoms with Crippen LogP contribution in [0.25, 0.3) is 21.7 Å². The molecule has 0 bridgehead atoms. The first kappa shape index (κ1) is 19.1. The van der Waals surface area contributed by atoms with Gasteiger partial charge >= 0.3 is 11.6 Å². The zero-order valence-electron chi connectivity index (χ0n) is 16.9. The summed E-state index contributed by atoms with van der Waals surface area (Å²) >= 11 is 0. The Morgan fingerprint density at radius 2 is 1.81 bits per heavy atom. The average molecular weight is 413 g/mol. The van der Waals surface area contributed by atoms with Gasteiger partial charge in [-0.1, -0.05) is 24.3 Å². The molecule has 1 N–H and O–H groups in total. The van der Waals surface area contributed by atoms with Crippen molar-refractivity contribution in [3.05, 3.63) is 87.3 Å². The lowest BCUT2D eigenvalue weighted by Crippen LogP contribution is -2.09. The van der Waals surface area contributed by atoms with E-state index in [-0.39, 0.29) is 12.5 Å². The molecule has 3 aromatic carbocycles. The summed E-state index contributed by atoms with van der Waals surface area (Å²) in [5.41, 5.74) is 3.85. The lowest BCUT2D eigenvalue weighted by atomic mass is 10.00. The van der Waals surface area contributed by atoms with Crippen LogP contribution < -0.4 is 10.9 Å². The van der Waals surface area contributed by atoms with Crippen LogP contribution in [0.15, 0.2) is 63.8 Å². The summed E-state index contributed by atoms with van der Waals surface area (Å²) in [6.07, 6.45) is 1.97. The van der Waals surface area contributed by atoms with Gasteiger partial charge in [0.2, 0.25) is 5.91 Å². The number of benzene rings is 3. The lowest BCUT2D eigenvalue weighted by Gasteiger charge is -2.11. The quantitative estimate of drug-likeness (QED) is 0.397. The minimum Gasteiger partial charge on any atom is -0.457 e. The predicted octanol–water partition coefficient (Wildman–Crippen LogP) is 4.36. The molecule has 1 aromatic heterocycles. The van der Waals surface area contributed by atoms with Gasteiger partial charge in [0, 0.05) is 35.7 Å². The van der Waals surface area contributed by atoms with Crippen molar-refractivity contribution in [3.63, 3.8) is 0 Å². The van der Waals surface area contributed by atoms with Gasteiger partial charge in [0.05, 0.1) is 5.56 Å². The smallest absolute Gasteiger partial charge is 0.339 e. The van der Waals surface area contributed by atoms with E-state index in [9.17, 15) is 14.4 Å². The highest BCUT2D eigenvalue weighted by Gasteiger charge is 2.20. The van der Waals surface area contributed by atoms with Gasteiger partial charge in [-0.25, -0.2) is 9.59 Å². The summed E-state index contributed by atoms with van der Waals surface area (Å²) < 4.78 is 10.9. The first-order chi connectivity index (χ1) is 15.0. The van der Waals surface area contributed by atoms with Crippen LogP contribution in [0.5, 0.6) is 0 Å². The number of carbonyl (C=O) groups is 2. The standard InChI is InChI=1S/C25H19NO5/c1-14(27)26-18-8-10-19-17(11-23(28)31-22(19)12-18)13-30-25(29)21-9-7-16-6-5-15-3-2-4-20(21)24(15)16/h2-4,7-12H,5-6,13H2,1H3,(H,26,27). The van der Waals surface area contributed by atoms with Crippen LogP contribution in [0.3, 0.4) is 0 Å². The number of nitrogens with one attached hydrogen (secondary N) is 1. The van der Waals surface area contributed by atoms with Crippen LogP contribution in [0.4, 0.5) is 5.69 Å². The molecule has 0 unspecified atom stereocenters. The minimum absolute atomic E-state index is 0.0661.